The van der Waals surface area contributed by atoms with Gasteiger partial charge in [-0.25, -0.2) is 0 Å². The molecule has 0 saturated carbocycles. The molecule has 0 amide bonds. The van der Waals surface area contributed by atoms with Gasteiger partial charge in [-0.1, -0.05) is 60.2 Å². The molecule has 3 aromatic carbocycles. The zero-order valence-corrected chi connectivity index (χ0v) is 19.1. The number of carbonyl (C=O) groups excluding carboxylic acids is 1. The van der Waals surface area contributed by atoms with Gasteiger partial charge in [-0.15, -0.1) is 0 Å². The van der Waals surface area contributed by atoms with Crippen LogP contribution < -0.4 is 5.56 Å². The van der Waals surface area contributed by atoms with E-state index in [4.69, 9.17) is 4.18 Å². The highest BCUT2D eigenvalue weighted by Crippen LogP contribution is 2.39. The number of aliphatic hydroxyl groups is 1. The van der Waals surface area contributed by atoms with E-state index in [9.17, 15) is 23.1 Å². The summed E-state index contributed by atoms with van der Waals surface area (Å²) in [5.74, 6) is -0.191. The van der Waals surface area contributed by atoms with E-state index in [0.717, 1.165) is 5.56 Å². The highest BCUT2D eigenvalue weighted by Gasteiger charge is 2.33. The van der Waals surface area contributed by atoms with E-state index in [1.807, 2.05) is 6.92 Å². The standard InChI is InChI=1S/C26H21NO6S/c1-16-10-12-18(13-11-16)34(31,32)33-15-17(28)14-27-24-20-7-3-4-8-21(20)25(29)23(24)19-6-2-5-9-22(19)26(27)30/h2-13,17,28H,14-15H2,1H3. The van der Waals surface area contributed by atoms with Crippen molar-refractivity contribution in [2.24, 2.45) is 0 Å². The molecule has 5 rings (SSSR count). The molecule has 1 aliphatic carbocycles. The summed E-state index contributed by atoms with van der Waals surface area (Å²) in [6.45, 7) is 1.06. The molecular formula is C26H21NO6S. The number of benzene rings is 3. The summed E-state index contributed by atoms with van der Waals surface area (Å²) in [4.78, 5) is 26.6. The fourth-order valence-corrected chi connectivity index (χ4v) is 5.25. The second-order valence-corrected chi connectivity index (χ2v) is 9.88. The minimum atomic E-state index is -4.08. The first kappa shape index (κ1) is 22.2. The Bertz CT molecular complexity index is 1600. The van der Waals surface area contributed by atoms with E-state index in [0.29, 0.717) is 33.2 Å². The van der Waals surface area contributed by atoms with Gasteiger partial charge in [0.1, 0.15) is 0 Å². The molecule has 1 atom stereocenters. The zero-order valence-electron chi connectivity index (χ0n) is 18.3. The van der Waals surface area contributed by atoms with Crippen LogP contribution in [0.1, 0.15) is 21.5 Å². The van der Waals surface area contributed by atoms with E-state index >= 15 is 0 Å². The van der Waals surface area contributed by atoms with Crippen molar-refractivity contribution in [3.63, 3.8) is 0 Å². The van der Waals surface area contributed by atoms with Gasteiger partial charge in [0.25, 0.3) is 15.7 Å². The van der Waals surface area contributed by atoms with Crippen LogP contribution in [-0.2, 0) is 20.8 Å². The van der Waals surface area contributed by atoms with Gasteiger partial charge in [0.15, 0.2) is 5.78 Å². The van der Waals surface area contributed by atoms with Crippen molar-refractivity contribution >= 4 is 26.7 Å². The minimum absolute atomic E-state index is 0.0198. The van der Waals surface area contributed by atoms with E-state index in [-0.39, 0.29) is 22.8 Å². The number of rotatable bonds is 6. The highest BCUT2D eigenvalue weighted by molar-refractivity contribution is 7.86. The first-order valence-corrected chi connectivity index (χ1v) is 12.1. The number of pyridine rings is 1. The molecule has 0 radical (unpaired) electrons. The number of hydrogen-bond acceptors (Lipinski definition) is 6. The number of nitrogens with zero attached hydrogens (tertiary/aromatic N) is 1. The van der Waals surface area contributed by atoms with Gasteiger partial charge >= 0.3 is 0 Å². The lowest BCUT2D eigenvalue weighted by molar-refractivity contribution is 0.0948. The summed E-state index contributed by atoms with van der Waals surface area (Å²) >= 11 is 0. The van der Waals surface area contributed by atoms with E-state index in [1.54, 1.807) is 60.7 Å². The van der Waals surface area contributed by atoms with Crippen LogP contribution in [0.25, 0.3) is 22.0 Å². The van der Waals surface area contributed by atoms with Crippen LogP contribution in [0.2, 0.25) is 0 Å². The monoisotopic (exact) mass is 475 g/mol. The van der Waals surface area contributed by atoms with Crippen molar-refractivity contribution in [3.05, 3.63) is 99.8 Å². The highest BCUT2D eigenvalue weighted by atomic mass is 32.2. The minimum Gasteiger partial charge on any atom is -0.389 e. The lowest BCUT2D eigenvalue weighted by atomic mass is 10.0. The number of ketones is 1. The summed E-state index contributed by atoms with van der Waals surface area (Å²) < 4.78 is 31.4. The number of hydrogen-bond donors (Lipinski definition) is 1. The smallest absolute Gasteiger partial charge is 0.297 e. The maximum absolute atomic E-state index is 13.4. The number of carbonyl (C=O) groups is 1. The number of aliphatic hydroxyl groups excluding tert-OH is 1. The quantitative estimate of drug-likeness (QED) is 0.378. The first-order chi connectivity index (χ1) is 16.3. The van der Waals surface area contributed by atoms with Crippen molar-refractivity contribution in [2.45, 2.75) is 24.5 Å². The lowest BCUT2D eigenvalue weighted by Crippen LogP contribution is -2.31. The van der Waals surface area contributed by atoms with Crippen LogP contribution in [0.4, 0.5) is 0 Å². The molecule has 1 N–H and O–H groups in total. The summed E-state index contributed by atoms with van der Waals surface area (Å²) in [5, 5.41) is 11.6. The normalized spacial score (nSPS) is 13.6. The lowest BCUT2D eigenvalue weighted by Gasteiger charge is -2.18. The molecule has 172 valence electrons. The molecular weight excluding hydrogens is 454 g/mol. The molecule has 4 aromatic rings. The van der Waals surface area contributed by atoms with Crippen molar-refractivity contribution < 1.29 is 22.5 Å². The Morgan fingerprint density at radius 3 is 2.21 bits per heavy atom. The molecule has 0 aliphatic heterocycles. The summed E-state index contributed by atoms with van der Waals surface area (Å²) in [5.41, 5.74) is 2.43. The fraction of sp³-hybridized carbons (Fsp3) is 0.154. The van der Waals surface area contributed by atoms with Crippen LogP contribution in [-0.4, -0.2) is 36.6 Å². The van der Waals surface area contributed by atoms with Gasteiger partial charge in [-0.2, -0.15) is 8.42 Å². The molecule has 7 nitrogen and oxygen atoms in total. The van der Waals surface area contributed by atoms with E-state index in [1.165, 1.54) is 16.7 Å². The van der Waals surface area contributed by atoms with Crippen molar-refractivity contribution in [1.82, 2.24) is 4.57 Å². The van der Waals surface area contributed by atoms with Crippen LogP contribution in [0.3, 0.4) is 0 Å². The van der Waals surface area contributed by atoms with Gasteiger partial charge in [0, 0.05) is 21.9 Å². The Hall–Kier alpha value is -3.59. The van der Waals surface area contributed by atoms with Gasteiger partial charge in [0.2, 0.25) is 0 Å². The second kappa shape index (κ2) is 8.32. The van der Waals surface area contributed by atoms with Crippen LogP contribution in [0.5, 0.6) is 0 Å². The third-order valence-electron chi connectivity index (χ3n) is 5.95. The van der Waals surface area contributed by atoms with Crippen molar-refractivity contribution in [3.8, 4) is 11.3 Å². The molecule has 1 heterocycles. The van der Waals surface area contributed by atoms with Crippen molar-refractivity contribution in [2.75, 3.05) is 6.61 Å². The average Bonchev–Trinajstić information content (AvgIpc) is 3.13. The first-order valence-electron chi connectivity index (χ1n) is 10.7. The largest absolute Gasteiger partial charge is 0.389 e. The third-order valence-corrected chi connectivity index (χ3v) is 7.25. The molecule has 1 aliphatic rings. The molecule has 1 aromatic heterocycles. The van der Waals surface area contributed by atoms with Gasteiger partial charge in [-0.3, -0.25) is 13.8 Å². The topological polar surface area (TPSA) is 103 Å². The van der Waals surface area contributed by atoms with Crippen LogP contribution in [0, 0.1) is 6.92 Å². The van der Waals surface area contributed by atoms with Crippen LogP contribution >= 0.6 is 0 Å². The third kappa shape index (κ3) is 3.66. The summed E-state index contributed by atoms with van der Waals surface area (Å²) in [7, 11) is -4.08. The van der Waals surface area contributed by atoms with Gasteiger partial charge < -0.3 is 9.67 Å². The Balaban J connectivity index is 1.52. The van der Waals surface area contributed by atoms with Gasteiger partial charge in [0.05, 0.1) is 35.4 Å². The Morgan fingerprint density at radius 2 is 1.50 bits per heavy atom. The zero-order chi connectivity index (χ0) is 24.0. The summed E-state index contributed by atoms with van der Waals surface area (Å²) in [6.07, 6.45) is -1.31. The van der Waals surface area contributed by atoms with Gasteiger partial charge in [-0.05, 0) is 25.1 Å². The molecule has 0 fully saturated rings. The molecule has 1 unspecified atom stereocenters. The predicted octanol–water partition coefficient (Wildman–Crippen LogP) is 3.29. The fourth-order valence-electron chi connectivity index (χ4n) is 4.31. The second-order valence-electron chi connectivity index (χ2n) is 8.27. The molecule has 34 heavy (non-hydrogen) atoms. The number of aromatic nitrogens is 1. The van der Waals surface area contributed by atoms with Crippen LogP contribution in [0.15, 0.2) is 82.5 Å². The maximum Gasteiger partial charge on any atom is 0.297 e. The van der Waals surface area contributed by atoms with E-state index < -0.39 is 22.8 Å². The number of aryl methyl sites for hydroxylation is 1. The molecule has 0 bridgehead atoms. The number of fused-ring (bicyclic) bond motifs is 5. The molecule has 0 spiro atoms. The Kier molecular flexibility index (Phi) is 5.44. The molecule has 0 saturated heterocycles. The van der Waals surface area contributed by atoms with Crippen molar-refractivity contribution in [1.29, 1.82) is 0 Å². The predicted molar refractivity (Wildman–Crippen MR) is 127 cm³/mol. The average molecular weight is 476 g/mol. The maximum atomic E-state index is 13.4. The SMILES string of the molecule is Cc1ccc(S(=O)(=O)OCC(O)Cn2c3c(c4ccccc4c2=O)C(=O)c2ccccc2-3)cc1. The Labute approximate surface area is 196 Å². The van der Waals surface area contributed by atoms with E-state index in [2.05, 4.69) is 0 Å². The molecule has 8 heteroatoms. The Morgan fingerprint density at radius 1 is 0.882 bits per heavy atom. The summed E-state index contributed by atoms with van der Waals surface area (Å²) in [6, 6.07) is 20.0.